The molecule has 0 radical (unpaired) electrons. The van der Waals surface area contributed by atoms with E-state index in [0.717, 1.165) is 5.56 Å². The highest BCUT2D eigenvalue weighted by Gasteiger charge is 2.16. The number of amides is 1. The number of nitrogen functional groups attached to an aromatic ring is 2. The number of nitrogens with two attached hydrogens (primary N) is 2. The van der Waals surface area contributed by atoms with Crippen LogP contribution in [0.25, 0.3) is 0 Å². The summed E-state index contributed by atoms with van der Waals surface area (Å²) >= 11 is 6.89. The molecule has 0 unspecified atom stereocenters. The van der Waals surface area contributed by atoms with E-state index in [0.29, 0.717) is 26.9 Å². The lowest BCUT2D eigenvalue weighted by Crippen LogP contribution is -2.16. The molecule has 1 aromatic heterocycles. The van der Waals surface area contributed by atoms with Crippen molar-refractivity contribution in [3.8, 4) is 5.75 Å². The van der Waals surface area contributed by atoms with Gasteiger partial charge in [0, 0.05) is 5.56 Å². The minimum Gasteiger partial charge on any atom is -0.487 e. The standard InChI is InChI=1S/C18H15Br2N5O2/c19-12-6-11(18(26)25-14-16(21)23-9-24-17(14)22)7-13(20)15(12)27-8-10-4-2-1-3-5-10/h1-7,9H,8H2,(H,25,26)(H4,21,22,23,24). The molecular formula is C18H15Br2N5O2. The smallest absolute Gasteiger partial charge is 0.255 e. The van der Waals surface area contributed by atoms with Crippen molar-refractivity contribution in [3.63, 3.8) is 0 Å². The minimum absolute atomic E-state index is 0.0943. The van der Waals surface area contributed by atoms with Crippen molar-refractivity contribution in [2.75, 3.05) is 16.8 Å². The van der Waals surface area contributed by atoms with Crippen LogP contribution < -0.4 is 21.5 Å². The Balaban J connectivity index is 1.78. The molecular weight excluding hydrogens is 478 g/mol. The quantitative estimate of drug-likeness (QED) is 0.495. The average molecular weight is 493 g/mol. The molecule has 0 atom stereocenters. The Morgan fingerprint density at radius 2 is 1.63 bits per heavy atom. The summed E-state index contributed by atoms with van der Waals surface area (Å²) in [5, 5.41) is 2.63. The van der Waals surface area contributed by atoms with E-state index in [1.807, 2.05) is 30.3 Å². The van der Waals surface area contributed by atoms with Crippen LogP contribution in [0.2, 0.25) is 0 Å². The number of carbonyl (C=O) groups is 1. The number of ether oxygens (including phenoxy) is 1. The third-order valence-corrected chi connectivity index (χ3v) is 4.81. The van der Waals surface area contributed by atoms with Crippen molar-refractivity contribution >= 4 is 55.1 Å². The molecule has 0 aliphatic carbocycles. The second kappa shape index (κ2) is 8.36. The van der Waals surface area contributed by atoms with E-state index in [1.54, 1.807) is 12.1 Å². The highest BCUT2D eigenvalue weighted by molar-refractivity contribution is 9.11. The molecule has 27 heavy (non-hydrogen) atoms. The Bertz CT molecular complexity index is 939. The fourth-order valence-corrected chi connectivity index (χ4v) is 3.70. The molecule has 0 fully saturated rings. The first-order valence-electron chi connectivity index (χ1n) is 7.78. The molecule has 0 saturated heterocycles. The summed E-state index contributed by atoms with van der Waals surface area (Å²) in [6.45, 7) is 0.401. The van der Waals surface area contributed by atoms with E-state index in [4.69, 9.17) is 16.2 Å². The summed E-state index contributed by atoms with van der Waals surface area (Å²) in [7, 11) is 0. The number of halogens is 2. The third-order valence-electron chi connectivity index (χ3n) is 3.63. The zero-order valence-corrected chi connectivity index (χ0v) is 17.1. The monoisotopic (exact) mass is 491 g/mol. The predicted molar refractivity (Wildman–Crippen MR) is 111 cm³/mol. The zero-order valence-electron chi connectivity index (χ0n) is 13.9. The van der Waals surface area contributed by atoms with Crippen LogP contribution in [-0.4, -0.2) is 15.9 Å². The Labute approximate surface area is 172 Å². The van der Waals surface area contributed by atoms with Gasteiger partial charge in [-0.1, -0.05) is 30.3 Å². The summed E-state index contributed by atoms with van der Waals surface area (Å²) in [5.41, 5.74) is 13.1. The number of hydrogen-bond acceptors (Lipinski definition) is 6. The number of benzene rings is 2. The third kappa shape index (κ3) is 4.55. The van der Waals surface area contributed by atoms with E-state index >= 15 is 0 Å². The van der Waals surface area contributed by atoms with E-state index in [9.17, 15) is 4.79 Å². The van der Waals surface area contributed by atoms with Gasteiger partial charge in [0.25, 0.3) is 5.91 Å². The fraction of sp³-hybridized carbons (Fsp3) is 0.0556. The van der Waals surface area contributed by atoms with Crippen LogP contribution >= 0.6 is 31.9 Å². The van der Waals surface area contributed by atoms with Gasteiger partial charge < -0.3 is 21.5 Å². The Hall–Kier alpha value is -2.65. The van der Waals surface area contributed by atoms with Crippen molar-refractivity contribution in [2.24, 2.45) is 0 Å². The van der Waals surface area contributed by atoms with Gasteiger partial charge in [-0.05, 0) is 49.6 Å². The Morgan fingerprint density at radius 3 is 2.22 bits per heavy atom. The summed E-state index contributed by atoms with van der Waals surface area (Å²) in [4.78, 5) is 20.2. The Morgan fingerprint density at radius 1 is 1.04 bits per heavy atom. The molecule has 3 rings (SSSR count). The molecule has 9 heteroatoms. The highest BCUT2D eigenvalue weighted by atomic mass is 79.9. The topological polar surface area (TPSA) is 116 Å². The van der Waals surface area contributed by atoms with Crippen LogP contribution in [0.3, 0.4) is 0 Å². The van der Waals surface area contributed by atoms with Crippen LogP contribution in [0, 0.1) is 0 Å². The van der Waals surface area contributed by atoms with Crippen LogP contribution in [0.5, 0.6) is 5.75 Å². The second-order valence-electron chi connectivity index (χ2n) is 5.52. The van der Waals surface area contributed by atoms with Crippen LogP contribution in [0.15, 0.2) is 57.7 Å². The first-order valence-corrected chi connectivity index (χ1v) is 9.37. The molecule has 0 spiro atoms. The molecule has 5 N–H and O–H groups in total. The molecule has 7 nitrogen and oxygen atoms in total. The number of nitrogens with zero attached hydrogens (tertiary/aromatic N) is 2. The lowest BCUT2D eigenvalue weighted by atomic mass is 10.2. The van der Waals surface area contributed by atoms with Gasteiger partial charge >= 0.3 is 0 Å². The van der Waals surface area contributed by atoms with Crippen molar-refractivity contribution in [1.29, 1.82) is 0 Å². The maximum absolute atomic E-state index is 12.6. The van der Waals surface area contributed by atoms with E-state index in [2.05, 4.69) is 47.1 Å². The number of aromatic nitrogens is 2. The van der Waals surface area contributed by atoms with Gasteiger partial charge in [-0.3, -0.25) is 4.79 Å². The molecule has 0 bridgehead atoms. The summed E-state index contributed by atoms with van der Waals surface area (Å²) in [6, 6.07) is 13.1. The van der Waals surface area contributed by atoms with Gasteiger partial charge in [0.2, 0.25) is 0 Å². The molecule has 1 amide bonds. The number of carbonyl (C=O) groups excluding carboxylic acids is 1. The number of rotatable bonds is 5. The largest absolute Gasteiger partial charge is 0.487 e. The fourth-order valence-electron chi connectivity index (χ4n) is 2.29. The number of anilines is 3. The summed E-state index contributed by atoms with van der Waals surface area (Å²) in [6.07, 6.45) is 1.23. The van der Waals surface area contributed by atoms with Crippen molar-refractivity contribution < 1.29 is 9.53 Å². The molecule has 2 aromatic carbocycles. The molecule has 0 aliphatic heterocycles. The maximum Gasteiger partial charge on any atom is 0.255 e. The summed E-state index contributed by atoms with van der Waals surface area (Å²) in [5.74, 6) is 0.380. The molecule has 3 aromatic rings. The van der Waals surface area contributed by atoms with E-state index in [1.165, 1.54) is 6.33 Å². The van der Waals surface area contributed by atoms with Crippen molar-refractivity contribution in [2.45, 2.75) is 6.61 Å². The van der Waals surface area contributed by atoms with Gasteiger partial charge in [0.05, 0.1) is 8.95 Å². The SMILES string of the molecule is Nc1ncnc(N)c1NC(=O)c1cc(Br)c(OCc2ccccc2)c(Br)c1. The van der Waals surface area contributed by atoms with Crippen LogP contribution in [0.1, 0.15) is 15.9 Å². The first kappa shape index (κ1) is 19.1. The van der Waals surface area contributed by atoms with Crippen LogP contribution in [0.4, 0.5) is 17.3 Å². The maximum atomic E-state index is 12.6. The average Bonchev–Trinajstić information content (AvgIpc) is 2.64. The normalized spacial score (nSPS) is 10.4. The Kier molecular flexibility index (Phi) is 5.92. The van der Waals surface area contributed by atoms with Crippen molar-refractivity contribution in [3.05, 3.63) is 68.9 Å². The lowest BCUT2D eigenvalue weighted by Gasteiger charge is -2.13. The van der Waals surface area contributed by atoms with E-state index < -0.39 is 5.91 Å². The van der Waals surface area contributed by atoms with Gasteiger partial charge in [-0.15, -0.1) is 0 Å². The molecule has 0 aliphatic rings. The molecule has 1 heterocycles. The van der Waals surface area contributed by atoms with E-state index in [-0.39, 0.29) is 17.3 Å². The zero-order chi connectivity index (χ0) is 19.4. The van der Waals surface area contributed by atoms with Crippen molar-refractivity contribution in [1.82, 2.24) is 9.97 Å². The summed E-state index contributed by atoms with van der Waals surface area (Å²) < 4.78 is 7.12. The van der Waals surface area contributed by atoms with Gasteiger partial charge in [-0.25, -0.2) is 9.97 Å². The van der Waals surface area contributed by atoms with Gasteiger partial charge in [0.15, 0.2) is 11.6 Å². The number of hydrogen-bond donors (Lipinski definition) is 3. The van der Waals surface area contributed by atoms with Gasteiger partial charge in [0.1, 0.15) is 24.4 Å². The number of nitrogens with one attached hydrogen (secondary N) is 1. The highest BCUT2D eigenvalue weighted by Crippen LogP contribution is 2.35. The minimum atomic E-state index is -0.404. The second-order valence-corrected chi connectivity index (χ2v) is 7.23. The molecule has 0 saturated carbocycles. The van der Waals surface area contributed by atoms with Gasteiger partial charge in [-0.2, -0.15) is 0 Å². The molecule has 138 valence electrons. The lowest BCUT2D eigenvalue weighted by molar-refractivity contribution is 0.102. The predicted octanol–water partition coefficient (Wildman–Crippen LogP) is 4.00. The first-order chi connectivity index (χ1) is 13.0. The van der Waals surface area contributed by atoms with Crippen LogP contribution in [-0.2, 0) is 6.61 Å².